The fourth-order valence-electron chi connectivity index (χ4n) is 3.68. The van der Waals surface area contributed by atoms with Gasteiger partial charge in [0.25, 0.3) is 5.88 Å². The number of nitrogens with zero attached hydrogens (tertiary/aromatic N) is 4. The van der Waals surface area contributed by atoms with Gasteiger partial charge in [0.15, 0.2) is 0 Å². The van der Waals surface area contributed by atoms with E-state index in [1.165, 1.54) is 4.90 Å². The van der Waals surface area contributed by atoms with Gasteiger partial charge in [0.05, 0.1) is 30.0 Å². The Hall–Kier alpha value is -3.75. The van der Waals surface area contributed by atoms with E-state index in [2.05, 4.69) is 14.1 Å². The van der Waals surface area contributed by atoms with Gasteiger partial charge in [0.1, 0.15) is 12.4 Å². The summed E-state index contributed by atoms with van der Waals surface area (Å²) in [6, 6.07) is 7.41. The lowest BCUT2D eigenvalue weighted by atomic mass is 10.1. The molecule has 2 amide bonds. The van der Waals surface area contributed by atoms with Crippen LogP contribution in [0, 0.1) is 0 Å². The van der Waals surface area contributed by atoms with Crippen LogP contribution in [-0.4, -0.2) is 53.0 Å². The van der Waals surface area contributed by atoms with Gasteiger partial charge in [0.2, 0.25) is 5.82 Å². The molecule has 3 aromatic rings. The van der Waals surface area contributed by atoms with Crippen LogP contribution in [0.1, 0.15) is 16.7 Å². The Morgan fingerprint density at radius 1 is 0.947 bits per heavy atom. The van der Waals surface area contributed by atoms with E-state index in [0.717, 1.165) is 17.3 Å². The minimum absolute atomic E-state index is 0.00458. The van der Waals surface area contributed by atoms with E-state index < -0.39 is 35.2 Å². The molecule has 15 heteroatoms. The van der Waals surface area contributed by atoms with Crippen LogP contribution >= 0.6 is 11.7 Å². The molecule has 0 bridgehead atoms. The van der Waals surface area contributed by atoms with E-state index in [1.54, 1.807) is 19.2 Å². The first-order chi connectivity index (χ1) is 17.9. The number of aromatic nitrogens is 2. The summed E-state index contributed by atoms with van der Waals surface area (Å²) < 4.78 is 97.9. The summed E-state index contributed by atoms with van der Waals surface area (Å²) in [5, 5.41) is 2.15. The third-order valence-electron chi connectivity index (χ3n) is 5.68. The standard InChI is InChI=1S/C23H21F6N5O3S/c1-36-18-4-2-14(3-5-18)13-37-20-19(31-38-32-20)33-6-8-34(9-7-33)21(35)30-17-11-15(22(24,25)26)10-16(12-17)23(27,28)29/h2-5,10-12H,6-9,13H2,1H3,(H,30,35). The molecular weight excluding hydrogens is 540 g/mol. The van der Waals surface area contributed by atoms with Gasteiger partial charge in [0, 0.05) is 31.9 Å². The van der Waals surface area contributed by atoms with Crippen LogP contribution in [0.15, 0.2) is 42.5 Å². The lowest BCUT2D eigenvalue weighted by Crippen LogP contribution is -2.50. The normalized spacial score (nSPS) is 14.4. The summed E-state index contributed by atoms with van der Waals surface area (Å²) in [5.41, 5.74) is -2.73. The molecule has 1 fully saturated rings. The third kappa shape index (κ3) is 6.57. The first kappa shape index (κ1) is 27.3. The molecule has 1 aliphatic heterocycles. The maximum Gasteiger partial charge on any atom is 0.416 e. The molecule has 8 nitrogen and oxygen atoms in total. The number of carbonyl (C=O) groups is 1. The zero-order valence-corrected chi connectivity index (χ0v) is 20.6. The van der Waals surface area contributed by atoms with E-state index in [9.17, 15) is 31.1 Å². The molecule has 0 unspecified atom stereocenters. The maximum absolute atomic E-state index is 13.1. The molecule has 0 aliphatic carbocycles. The molecule has 38 heavy (non-hydrogen) atoms. The van der Waals surface area contributed by atoms with Crippen molar-refractivity contribution in [3.8, 4) is 11.6 Å². The molecular formula is C23H21F6N5O3S. The first-order valence-corrected chi connectivity index (χ1v) is 11.9. The molecule has 0 spiro atoms. The Kier molecular flexibility index (Phi) is 7.85. The van der Waals surface area contributed by atoms with E-state index >= 15 is 0 Å². The first-order valence-electron chi connectivity index (χ1n) is 11.1. The van der Waals surface area contributed by atoms with Gasteiger partial charge in [-0.2, -0.15) is 30.7 Å². The Morgan fingerprint density at radius 2 is 1.55 bits per heavy atom. The Balaban J connectivity index is 1.36. The summed E-state index contributed by atoms with van der Waals surface area (Å²) in [6.07, 6.45) is -10.0. The van der Waals surface area contributed by atoms with Crippen molar-refractivity contribution < 1.29 is 40.6 Å². The number of halogens is 6. The van der Waals surface area contributed by atoms with Crippen LogP contribution in [0.5, 0.6) is 11.6 Å². The van der Waals surface area contributed by atoms with Crippen molar-refractivity contribution in [2.75, 3.05) is 43.5 Å². The highest BCUT2D eigenvalue weighted by molar-refractivity contribution is 6.99. The number of alkyl halides is 6. The number of methoxy groups -OCH3 is 1. The minimum Gasteiger partial charge on any atom is -0.497 e. The molecule has 2 aromatic carbocycles. The van der Waals surface area contributed by atoms with Crippen molar-refractivity contribution in [2.45, 2.75) is 19.0 Å². The highest BCUT2D eigenvalue weighted by Crippen LogP contribution is 2.37. The van der Waals surface area contributed by atoms with Crippen LogP contribution < -0.4 is 19.7 Å². The summed E-state index contributed by atoms with van der Waals surface area (Å²) in [6.45, 7) is 1.13. The molecule has 2 heterocycles. The maximum atomic E-state index is 13.1. The summed E-state index contributed by atoms with van der Waals surface area (Å²) in [4.78, 5) is 15.8. The number of rotatable bonds is 6. The second-order valence-electron chi connectivity index (χ2n) is 8.23. The van der Waals surface area contributed by atoms with Crippen molar-refractivity contribution in [2.24, 2.45) is 0 Å². The van der Waals surface area contributed by atoms with Gasteiger partial charge in [-0.15, -0.1) is 4.37 Å². The van der Waals surface area contributed by atoms with Gasteiger partial charge < -0.3 is 24.6 Å². The fraction of sp³-hybridized carbons (Fsp3) is 0.348. The van der Waals surface area contributed by atoms with E-state index in [0.29, 0.717) is 42.7 Å². The van der Waals surface area contributed by atoms with Crippen molar-refractivity contribution in [1.82, 2.24) is 13.6 Å². The molecule has 204 valence electrons. The summed E-state index contributed by atoms with van der Waals surface area (Å²) in [5.74, 6) is 1.50. The number of piperazine rings is 1. The molecule has 1 aromatic heterocycles. The minimum atomic E-state index is -5.01. The van der Waals surface area contributed by atoms with E-state index in [4.69, 9.17) is 9.47 Å². The van der Waals surface area contributed by atoms with Gasteiger partial charge in [-0.05, 0) is 35.9 Å². The van der Waals surface area contributed by atoms with Gasteiger partial charge >= 0.3 is 18.4 Å². The quantitative estimate of drug-likeness (QED) is 0.400. The second-order valence-corrected chi connectivity index (χ2v) is 8.76. The Bertz CT molecular complexity index is 1230. The number of urea groups is 1. The number of nitrogens with one attached hydrogen (secondary N) is 1. The number of benzene rings is 2. The largest absolute Gasteiger partial charge is 0.497 e. The number of hydrogen-bond donors (Lipinski definition) is 1. The lowest BCUT2D eigenvalue weighted by molar-refractivity contribution is -0.143. The zero-order chi connectivity index (χ0) is 27.5. The smallest absolute Gasteiger partial charge is 0.416 e. The topological polar surface area (TPSA) is 79.8 Å². The number of anilines is 2. The predicted molar refractivity (Wildman–Crippen MR) is 126 cm³/mol. The average Bonchev–Trinajstić information content (AvgIpc) is 3.35. The van der Waals surface area contributed by atoms with Crippen molar-refractivity contribution >= 4 is 29.3 Å². The van der Waals surface area contributed by atoms with Crippen LogP contribution in [-0.2, 0) is 19.0 Å². The molecule has 0 saturated carbocycles. The fourth-order valence-corrected chi connectivity index (χ4v) is 4.20. The van der Waals surface area contributed by atoms with Crippen LogP contribution in [0.4, 0.5) is 42.6 Å². The summed E-state index contributed by atoms with van der Waals surface area (Å²) in [7, 11) is 1.57. The van der Waals surface area contributed by atoms with Crippen molar-refractivity contribution in [1.29, 1.82) is 0 Å². The van der Waals surface area contributed by atoms with Gasteiger partial charge in [-0.25, -0.2) is 4.79 Å². The summed E-state index contributed by atoms with van der Waals surface area (Å²) >= 11 is 0.953. The van der Waals surface area contributed by atoms with E-state index in [-0.39, 0.29) is 25.8 Å². The van der Waals surface area contributed by atoms with E-state index in [1.807, 2.05) is 17.0 Å². The third-order valence-corrected chi connectivity index (χ3v) is 6.18. The molecule has 1 saturated heterocycles. The molecule has 0 radical (unpaired) electrons. The van der Waals surface area contributed by atoms with Gasteiger partial charge in [-0.1, -0.05) is 12.1 Å². The number of ether oxygens (including phenoxy) is 2. The number of carbonyl (C=O) groups excluding carboxylic acids is 1. The Morgan fingerprint density at radius 3 is 2.11 bits per heavy atom. The highest BCUT2D eigenvalue weighted by atomic mass is 32.1. The second kappa shape index (κ2) is 10.9. The molecule has 1 aliphatic rings. The molecule has 1 N–H and O–H groups in total. The van der Waals surface area contributed by atoms with Crippen LogP contribution in [0.25, 0.3) is 0 Å². The van der Waals surface area contributed by atoms with Crippen molar-refractivity contribution in [3.05, 3.63) is 59.2 Å². The van der Waals surface area contributed by atoms with Crippen LogP contribution in [0.2, 0.25) is 0 Å². The Labute approximate surface area is 217 Å². The highest BCUT2D eigenvalue weighted by Gasteiger charge is 2.37. The lowest BCUT2D eigenvalue weighted by Gasteiger charge is -2.34. The molecule has 4 rings (SSSR count). The van der Waals surface area contributed by atoms with Gasteiger partial charge in [-0.3, -0.25) is 0 Å². The SMILES string of the molecule is COc1ccc(COc2nsnc2N2CCN(C(=O)Nc3cc(C(F)(F)F)cc(C(F)(F)F)c3)CC2)cc1. The molecule has 0 atom stereocenters. The van der Waals surface area contributed by atoms with Crippen molar-refractivity contribution in [3.63, 3.8) is 0 Å². The zero-order valence-electron chi connectivity index (χ0n) is 19.8. The monoisotopic (exact) mass is 561 g/mol. The number of hydrogen-bond acceptors (Lipinski definition) is 7. The van der Waals surface area contributed by atoms with Crippen LogP contribution in [0.3, 0.4) is 0 Å². The number of amides is 2. The predicted octanol–water partition coefficient (Wildman–Crippen LogP) is 5.52. The average molecular weight is 562 g/mol.